The molecule has 0 saturated carbocycles. The highest BCUT2D eigenvalue weighted by Crippen LogP contribution is 2.11. The van der Waals surface area contributed by atoms with Gasteiger partial charge in [0.1, 0.15) is 6.61 Å². The number of carbonyl (C=O) groups excluding carboxylic acids is 1. The predicted molar refractivity (Wildman–Crippen MR) is 97.4 cm³/mol. The lowest BCUT2D eigenvalue weighted by Crippen LogP contribution is -2.34. The monoisotopic (exact) mass is 332 g/mol. The van der Waals surface area contributed by atoms with Gasteiger partial charge in [0.25, 0.3) is 5.91 Å². The number of rotatable bonds is 7. The molecule has 3 rings (SSSR count). The lowest BCUT2D eigenvalue weighted by Gasteiger charge is -2.23. The number of hydrogen-bond acceptors (Lipinski definition) is 3. The van der Waals surface area contributed by atoms with E-state index >= 15 is 0 Å². The first-order valence-corrected chi connectivity index (χ1v) is 8.25. The molecule has 0 unspecified atom stereocenters. The first-order chi connectivity index (χ1) is 12.3. The topological polar surface area (TPSA) is 42.4 Å². The molecule has 0 atom stereocenters. The maximum Gasteiger partial charge on any atom is 0.254 e. The number of hydrogen-bond donors (Lipinski definition) is 0. The molecule has 1 heterocycles. The van der Waals surface area contributed by atoms with Gasteiger partial charge in [-0.2, -0.15) is 0 Å². The van der Waals surface area contributed by atoms with Gasteiger partial charge in [0.2, 0.25) is 5.88 Å². The Balaban J connectivity index is 1.68. The van der Waals surface area contributed by atoms with Gasteiger partial charge in [0.05, 0.1) is 6.54 Å². The van der Waals surface area contributed by atoms with Gasteiger partial charge in [-0.15, -0.1) is 0 Å². The van der Waals surface area contributed by atoms with Crippen LogP contribution in [0.25, 0.3) is 0 Å². The van der Waals surface area contributed by atoms with Crippen LogP contribution < -0.4 is 4.74 Å². The molecule has 0 aliphatic carbocycles. The fourth-order valence-corrected chi connectivity index (χ4v) is 2.51. The average molecular weight is 332 g/mol. The number of carbonyl (C=O) groups is 1. The summed E-state index contributed by atoms with van der Waals surface area (Å²) in [6.07, 6.45) is 1.69. The molecule has 25 heavy (non-hydrogen) atoms. The van der Waals surface area contributed by atoms with E-state index < -0.39 is 0 Å². The van der Waals surface area contributed by atoms with Gasteiger partial charge in [-0.3, -0.25) is 4.79 Å². The molecular formula is C21H20N2O2. The fraction of sp³-hybridized carbons (Fsp3) is 0.143. The molecule has 4 nitrogen and oxygen atoms in total. The Kier molecular flexibility index (Phi) is 5.77. The van der Waals surface area contributed by atoms with Gasteiger partial charge >= 0.3 is 0 Å². The number of benzene rings is 2. The first-order valence-electron chi connectivity index (χ1n) is 8.25. The van der Waals surface area contributed by atoms with E-state index in [1.165, 1.54) is 0 Å². The van der Waals surface area contributed by atoms with Gasteiger partial charge in [-0.25, -0.2) is 4.98 Å². The van der Waals surface area contributed by atoms with Crippen LogP contribution in [0.5, 0.6) is 5.88 Å². The summed E-state index contributed by atoms with van der Waals surface area (Å²) in [6, 6.07) is 24.8. The highest BCUT2D eigenvalue weighted by Gasteiger charge is 2.16. The largest absolute Gasteiger partial charge is 0.476 e. The summed E-state index contributed by atoms with van der Waals surface area (Å²) in [5, 5.41) is 0. The smallest absolute Gasteiger partial charge is 0.254 e. The van der Waals surface area contributed by atoms with Crippen molar-refractivity contribution in [2.45, 2.75) is 6.54 Å². The van der Waals surface area contributed by atoms with E-state index in [-0.39, 0.29) is 5.91 Å². The van der Waals surface area contributed by atoms with E-state index in [1.807, 2.05) is 72.8 Å². The van der Waals surface area contributed by atoms with Crippen LogP contribution in [0.4, 0.5) is 0 Å². The molecule has 1 amide bonds. The summed E-state index contributed by atoms with van der Waals surface area (Å²) in [5.41, 5.74) is 1.76. The SMILES string of the molecule is O=C(c1ccccc1)N(CCOc1ccccn1)Cc1ccccc1. The molecular weight excluding hydrogens is 312 g/mol. The van der Waals surface area contributed by atoms with Crippen molar-refractivity contribution in [1.29, 1.82) is 0 Å². The minimum absolute atomic E-state index is 0.00549. The Labute approximate surface area is 147 Å². The van der Waals surface area contributed by atoms with Crippen molar-refractivity contribution in [3.63, 3.8) is 0 Å². The molecule has 3 aromatic rings. The van der Waals surface area contributed by atoms with Crippen molar-refractivity contribution in [2.24, 2.45) is 0 Å². The number of aromatic nitrogens is 1. The van der Waals surface area contributed by atoms with Crippen LogP contribution >= 0.6 is 0 Å². The summed E-state index contributed by atoms with van der Waals surface area (Å²) in [4.78, 5) is 18.8. The summed E-state index contributed by atoms with van der Waals surface area (Å²) in [6.45, 7) is 1.42. The number of pyridine rings is 1. The summed E-state index contributed by atoms with van der Waals surface area (Å²) < 4.78 is 5.66. The van der Waals surface area contributed by atoms with E-state index in [2.05, 4.69) is 4.98 Å². The molecule has 126 valence electrons. The second kappa shape index (κ2) is 8.64. The minimum Gasteiger partial charge on any atom is -0.476 e. The maximum atomic E-state index is 12.8. The lowest BCUT2D eigenvalue weighted by molar-refractivity contribution is 0.0715. The molecule has 0 N–H and O–H groups in total. The Morgan fingerprint density at radius 3 is 2.24 bits per heavy atom. The van der Waals surface area contributed by atoms with Crippen LogP contribution in [-0.2, 0) is 6.54 Å². The molecule has 1 aromatic heterocycles. The van der Waals surface area contributed by atoms with Crippen LogP contribution in [0.1, 0.15) is 15.9 Å². The zero-order valence-corrected chi connectivity index (χ0v) is 13.9. The zero-order chi connectivity index (χ0) is 17.3. The number of ether oxygens (including phenoxy) is 1. The Bertz CT molecular complexity index is 777. The van der Waals surface area contributed by atoms with E-state index in [1.54, 1.807) is 17.2 Å². The van der Waals surface area contributed by atoms with Crippen molar-refractivity contribution in [1.82, 2.24) is 9.88 Å². The van der Waals surface area contributed by atoms with Crippen LogP contribution in [0, 0.1) is 0 Å². The molecule has 0 aliphatic heterocycles. The van der Waals surface area contributed by atoms with Gasteiger partial charge in [-0.05, 0) is 23.8 Å². The van der Waals surface area contributed by atoms with Gasteiger partial charge in [-0.1, -0.05) is 54.6 Å². The summed E-state index contributed by atoms with van der Waals surface area (Å²) in [5.74, 6) is 0.559. The minimum atomic E-state index is -0.00549. The third-order valence-electron chi connectivity index (χ3n) is 3.77. The quantitative estimate of drug-likeness (QED) is 0.661. The van der Waals surface area contributed by atoms with Crippen molar-refractivity contribution in [2.75, 3.05) is 13.2 Å². The normalized spacial score (nSPS) is 10.2. The van der Waals surface area contributed by atoms with Crippen LogP contribution in [0.2, 0.25) is 0 Å². The molecule has 0 radical (unpaired) electrons. The van der Waals surface area contributed by atoms with E-state index in [0.717, 1.165) is 5.56 Å². The molecule has 2 aromatic carbocycles. The van der Waals surface area contributed by atoms with Crippen molar-refractivity contribution < 1.29 is 9.53 Å². The Morgan fingerprint density at radius 1 is 0.880 bits per heavy atom. The summed E-state index contributed by atoms with van der Waals surface area (Å²) in [7, 11) is 0. The third-order valence-corrected chi connectivity index (χ3v) is 3.77. The van der Waals surface area contributed by atoms with Gasteiger partial charge in [0.15, 0.2) is 0 Å². The van der Waals surface area contributed by atoms with E-state index in [4.69, 9.17) is 4.74 Å². The fourth-order valence-electron chi connectivity index (χ4n) is 2.51. The average Bonchev–Trinajstić information content (AvgIpc) is 2.69. The molecule has 4 heteroatoms. The summed E-state index contributed by atoms with van der Waals surface area (Å²) >= 11 is 0. The highest BCUT2D eigenvalue weighted by molar-refractivity contribution is 5.94. The standard InChI is InChI=1S/C21H20N2O2/c24-21(19-11-5-2-6-12-19)23(17-18-9-3-1-4-10-18)15-16-25-20-13-7-8-14-22-20/h1-14H,15-17H2. The zero-order valence-electron chi connectivity index (χ0n) is 13.9. The number of nitrogens with zero attached hydrogens (tertiary/aromatic N) is 2. The Hall–Kier alpha value is -3.14. The van der Waals surface area contributed by atoms with Crippen LogP contribution in [-0.4, -0.2) is 28.9 Å². The van der Waals surface area contributed by atoms with E-state index in [9.17, 15) is 4.79 Å². The molecule has 0 bridgehead atoms. The second-order valence-electron chi connectivity index (χ2n) is 5.59. The van der Waals surface area contributed by atoms with Crippen molar-refractivity contribution in [3.8, 4) is 5.88 Å². The molecule has 0 aliphatic rings. The lowest BCUT2D eigenvalue weighted by atomic mass is 10.1. The van der Waals surface area contributed by atoms with Gasteiger partial charge in [0, 0.05) is 24.4 Å². The first kappa shape index (κ1) is 16.7. The second-order valence-corrected chi connectivity index (χ2v) is 5.59. The molecule has 0 fully saturated rings. The van der Waals surface area contributed by atoms with Crippen molar-refractivity contribution >= 4 is 5.91 Å². The van der Waals surface area contributed by atoms with Gasteiger partial charge < -0.3 is 9.64 Å². The molecule has 0 saturated heterocycles. The predicted octanol–water partition coefficient (Wildman–Crippen LogP) is 3.80. The van der Waals surface area contributed by atoms with E-state index in [0.29, 0.717) is 31.1 Å². The number of amides is 1. The molecule has 0 spiro atoms. The van der Waals surface area contributed by atoms with Crippen LogP contribution in [0.3, 0.4) is 0 Å². The maximum absolute atomic E-state index is 12.8. The third kappa shape index (κ3) is 4.91. The Morgan fingerprint density at radius 2 is 1.56 bits per heavy atom. The highest BCUT2D eigenvalue weighted by atomic mass is 16.5. The van der Waals surface area contributed by atoms with Crippen LogP contribution in [0.15, 0.2) is 85.1 Å². The van der Waals surface area contributed by atoms with Crippen molar-refractivity contribution in [3.05, 3.63) is 96.2 Å².